The van der Waals surface area contributed by atoms with E-state index >= 15 is 0 Å². The summed E-state index contributed by atoms with van der Waals surface area (Å²) in [6.07, 6.45) is 1.74. The summed E-state index contributed by atoms with van der Waals surface area (Å²) in [4.78, 5) is 10.9. The lowest BCUT2D eigenvalue weighted by molar-refractivity contribution is 0.149. The van der Waals surface area contributed by atoms with E-state index in [0.29, 0.717) is 12.5 Å². The number of primary amides is 1. The number of nitrogens with zero attached hydrogens (tertiary/aromatic N) is 1. The maximum atomic E-state index is 11.7. The molecule has 0 unspecified atom stereocenters. The summed E-state index contributed by atoms with van der Waals surface area (Å²) >= 11 is 0. The van der Waals surface area contributed by atoms with Gasteiger partial charge in [0, 0.05) is 12.5 Å². The van der Waals surface area contributed by atoms with Gasteiger partial charge < -0.3 is 5.73 Å². The van der Waals surface area contributed by atoms with Crippen LogP contribution in [0.2, 0.25) is 0 Å². The Morgan fingerprint density at radius 1 is 1.05 bits per heavy atom. The number of carbonyl (C=O) groups is 1. The number of sulfone groups is 2. The number of sulfonamides is 1. The molecule has 0 aliphatic rings. The van der Waals surface area contributed by atoms with Crippen molar-refractivity contribution in [2.24, 2.45) is 11.5 Å². The van der Waals surface area contributed by atoms with Crippen molar-refractivity contribution < 1.29 is 30.0 Å². The fourth-order valence-corrected chi connectivity index (χ4v) is 4.80. The molecule has 6 N–H and O–H groups in total. The standard InChI is InChI=1S/C6H17N5O7S3/c1-19(13,14)6(8,20(2,15)16)11(10-5(7)12)4-9-21(3,17)18/h9H,4,8H2,1-3H3,(H3,7,10,12). The van der Waals surface area contributed by atoms with Gasteiger partial charge in [-0.2, -0.15) is 9.73 Å². The number of urea groups is 1. The number of hydrazine groups is 1. The second-order valence-corrected chi connectivity index (χ2v) is 10.6. The summed E-state index contributed by atoms with van der Waals surface area (Å²) in [7, 11) is -12.9. The summed E-state index contributed by atoms with van der Waals surface area (Å²) in [6, 6.07) is -1.34. The Balaban J connectivity index is 6.01. The van der Waals surface area contributed by atoms with E-state index in [1.54, 1.807) is 10.1 Å². The van der Waals surface area contributed by atoms with Crippen LogP contribution in [-0.4, -0.2) is 66.1 Å². The van der Waals surface area contributed by atoms with Gasteiger partial charge in [0.25, 0.3) is 4.33 Å². The monoisotopic (exact) mass is 367 g/mol. The zero-order chi connectivity index (χ0) is 17.3. The number of carbonyl (C=O) groups excluding carboxylic acids is 1. The van der Waals surface area contributed by atoms with Gasteiger partial charge in [-0.25, -0.2) is 30.0 Å². The summed E-state index contributed by atoms with van der Waals surface area (Å²) in [5.74, 6) is 0. The van der Waals surface area contributed by atoms with E-state index < -0.39 is 46.7 Å². The number of hydrogen-bond donors (Lipinski definition) is 4. The van der Waals surface area contributed by atoms with Crippen molar-refractivity contribution in [3.63, 3.8) is 0 Å². The molecule has 126 valence electrons. The van der Waals surface area contributed by atoms with Crippen LogP contribution in [0.25, 0.3) is 0 Å². The second-order valence-electron chi connectivity index (χ2n) is 4.15. The summed E-state index contributed by atoms with van der Waals surface area (Å²) in [6.45, 7) is -0.946. The van der Waals surface area contributed by atoms with Gasteiger partial charge in [0.1, 0.15) is 0 Å². The molecular weight excluding hydrogens is 350 g/mol. The van der Waals surface area contributed by atoms with Crippen molar-refractivity contribution in [3.8, 4) is 0 Å². The first-order valence-electron chi connectivity index (χ1n) is 4.99. The van der Waals surface area contributed by atoms with Gasteiger partial charge in [-0.1, -0.05) is 0 Å². The van der Waals surface area contributed by atoms with Crippen LogP contribution in [0.5, 0.6) is 0 Å². The molecule has 0 saturated carbocycles. The smallest absolute Gasteiger partial charge is 0.326 e. The average Bonchev–Trinajstić information content (AvgIpc) is 2.17. The molecule has 0 atom stereocenters. The Morgan fingerprint density at radius 2 is 1.43 bits per heavy atom. The molecule has 0 aliphatic heterocycles. The Morgan fingerprint density at radius 3 is 1.67 bits per heavy atom. The van der Waals surface area contributed by atoms with Crippen molar-refractivity contribution in [1.29, 1.82) is 0 Å². The average molecular weight is 367 g/mol. The molecule has 12 nitrogen and oxygen atoms in total. The van der Waals surface area contributed by atoms with Gasteiger partial charge in [0.05, 0.1) is 12.9 Å². The summed E-state index contributed by atoms with van der Waals surface area (Å²) in [5.41, 5.74) is 11.9. The molecule has 15 heteroatoms. The van der Waals surface area contributed by atoms with Crippen LogP contribution in [-0.2, 0) is 29.7 Å². The number of nitrogens with one attached hydrogen (secondary N) is 2. The fraction of sp³-hybridized carbons (Fsp3) is 0.833. The van der Waals surface area contributed by atoms with Gasteiger partial charge in [-0.05, 0) is 0 Å². The van der Waals surface area contributed by atoms with Crippen LogP contribution >= 0.6 is 0 Å². The quantitative estimate of drug-likeness (QED) is 0.256. The fourth-order valence-electron chi connectivity index (χ4n) is 1.22. The van der Waals surface area contributed by atoms with Crippen LogP contribution in [0.4, 0.5) is 4.79 Å². The van der Waals surface area contributed by atoms with Gasteiger partial charge in [-0.15, -0.1) is 0 Å². The largest absolute Gasteiger partial charge is 0.351 e. The van der Waals surface area contributed by atoms with Crippen LogP contribution < -0.4 is 21.6 Å². The van der Waals surface area contributed by atoms with E-state index in [1.807, 2.05) is 0 Å². The van der Waals surface area contributed by atoms with E-state index in [0.717, 1.165) is 6.26 Å². The van der Waals surface area contributed by atoms with E-state index in [9.17, 15) is 30.0 Å². The minimum atomic E-state index is -4.52. The Bertz CT molecular complexity index is 678. The third-order valence-corrected chi connectivity index (χ3v) is 7.20. The van der Waals surface area contributed by atoms with Crippen LogP contribution in [0.3, 0.4) is 0 Å². The van der Waals surface area contributed by atoms with Crippen molar-refractivity contribution in [1.82, 2.24) is 15.2 Å². The predicted octanol–water partition coefficient (Wildman–Crippen LogP) is -3.96. The lowest BCUT2D eigenvalue weighted by Gasteiger charge is -2.36. The van der Waals surface area contributed by atoms with E-state index in [1.165, 1.54) is 0 Å². The van der Waals surface area contributed by atoms with Crippen LogP contribution in [0, 0.1) is 0 Å². The summed E-state index contributed by atoms with van der Waals surface area (Å²) in [5, 5.41) is 0.168. The highest BCUT2D eigenvalue weighted by molar-refractivity contribution is 8.09. The molecule has 0 aromatic carbocycles. The minimum absolute atomic E-state index is 0.168. The normalized spacial score (nSPS) is 14.1. The van der Waals surface area contributed by atoms with Crippen LogP contribution in [0.1, 0.15) is 0 Å². The lowest BCUT2D eigenvalue weighted by Crippen LogP contribution is -2.72. The zero-order valence-corrected chi connectivity index (χ0v) is 13.8. The molecule has 0 radical (unpaired) electrons. The molecule has 0 aromatic heterocycles. The molecule has 0 rings (SSSR count). The first-order chi connectivity index (χ1) is 9.02. The number of hydrogen-bond acceptors (Lipinski definition) is 9. The molecular formula is C6H17N5O7S3. The zero-order valence-electron chi connectivity index (χ0n) is 11.4. The number of nitrogens with two attached hydrogens (primary N) is 2. The topological polar surface area (TPSA) is 199 Å². The third-order valence-electron chi connectivity index (χ3n) is 2.17. The molecule has 21 heavy (non-hydrogen) atoms. The minimum Gasteiger partial charge on any atom is -0.351 e. The van der Waals surface area contributed by atoms with Crippen molar-refractivity contribution >= 4 is 35.7 Å². The van der Waals surface area contributed by atoms with Gasteiger partial charge in [-0.3, -0.25) is 11.2 Å². The van der Waals surface area contributed by atoms with Crippen molar-refractivity contribution in [3.05, 3.63) is 0 Å². The van der Waals surface area contributed by atoms with Crippen molar-refractivity contribution in [2.75, 3.05) is 25.4 Å². The molecule has 0 bridgehead atoms. The predicted molar refractivity (Wildman–Crippen MR) is 74.0 cm³/mol. The van der Waals surface area contributed by atoms with Gasteiger partial charge in [0.15, 0.2) is 19.7 Å². The first-order valence-corrected chi connectivity index (χ1v) is 10.7. The molecule has 0 aromatic rings. The molecule has 0 aliphatic carbocycles. The number of rotatable bonds is 7. The van der Waals surface area contributed by atoms with E-state index in [2.05, 4.69) is 0 Å². The first kappa shape index (κ1) is 20.0. The highest BCUT2D eigenvalue weighted by Gasteiger charge is 2.53. The third kappa shape index (κ3) is 5.04. The Labute approximate surface area is 122 Å². The molecule has 2 amide bonds. The number of amides is 2. The van der Waals surface area contributed by atoms with Crippen molar-refractivity contribution in [2.45, 2.75) is 4.33 Å². The molecule has 0 heterocycles. The highest BCUT2D eigenvalue weighted by atomic mass is 32.3. The maximum absolute atomic E-state index is 11.7. The van der Waals surface area contributed by atoms with Gasteiger partial charge in [0.2, 0.25) is 10.0 Å². The maximum Gasteiger partial charge on any atom is 0.326 e. The van der Waals surface area contributed by atoms with Crippen LogP contribution in [0.15, 0.2) is 0 Å². The molecule has 0 fully saturated rings. The SMILES string of the molecule is CS(=O)(=O)NCN(NC(N)=O)C(N)(S(C)(=O)=O)S(C)(=O)=O. The van der Waals surface area contributed by atoms with E-state index in [4.69, 9.17) is 11.5 Å². The highest BCUT2D eigenvalue weighted by Crippen LogP contribution is 2.20. The molecule has 0 spiro atoms. The Hall–Kier alpha value is -1.00. The Kier molecular flexibility index (Phi) is 5.73. The lowest BCUT2D eigenvalue weighted by atomic mass is 10.9. The van der Waals surface area contributed by atoms with Gasteiger partial charge >= 0.3 is 6.03 Å². The second kappa shape index (κ2) is 6.01. The van der Waals surface area contributed by atoms with E-state index in [-0.39, 0.29) is 5.01 Å². The summed E-state index contributed by atoms with van der Waals surface area (Å²) < 4.78 is 67.7. The molecule has 0 saturated heterocycles.